The van der Waals surface area contributed by atoms with Crippen molar-refractivity contribution in [3.8, 4) is 0 Å². The van der Waals surface area contributed by atoms with Crippen LogP contribution in [0.1, 0.15) is 40.0 Å². The smallest absolute Gasteiger partial charge is 0.248 e. The summed E-state index contributed by atoms with van der Waals surface area (Å²) in [6, 6.07) is 12.5. The molecule has 3 heterocycles. The van der Waals surface area contributed by atoms with Gasteiger partial charge < -0.3 is 20.6 Å². The topological polar surface area (TPSA) is 98.7 Å². The second kappa shape index (κ2) is 9.71. The molecule has 5 rings (SSSR count). The molecule has 0 aliphatic carbocycles. The summed E-state index contributed by atoms with van der Waals surface area (Å²) < 4.78 is -0.695. The lowest BCUT2D eigenvalue weighted by molar-refractivity contribution is -0.142. The van der Waals surface area contributed by atoms with E-state index in [1.54, 1.807) is 16.7 Å². The number of likely N-dealkylation sites (tertiary alicyclic amines) is 1. The number of nitrogens with zero attached hydrogens (tertiary/aromatic N) is 1. The molecule has 1 spiro atoms. The predicted octanol–water partition coefficient (Wildman–Crippen LogP) is 3.41. The Morgan fingerprint density at radius 3 is 2.61 bits per heavy atom. The average Bonchev–Trinajstić information content (AvgIpc) is 3.47. The minimum absolute atomic E-state index is 0.0122. The molecule has 8 heteroatoms. The fourth-order valence-electron chi connectivity index (χ4n) is 6.71. The molecule has 2 aromatic carbocycles. The molecule has 3 fully saturated rings. The molecule has 2 bridgehead atoms. The molecule has 7 atom stereocenters. The SMILES string of the molecule is CCCNC(=O)[C@@H]1[C@@H]2CC(C)C3(S2)C(C(=O)Nc2ccc4ccccc4c2)N([C@@H](CC)CO)C(=O)[C@H]13. The van der Waals surface area contributed by atoms with Gasteiger partial charge >= 0.3 is 0 Å². The zero-order valence-corrected chi connectivity index (χ0v) is 21.9. The van der Waals surface area contributed by atoms with Gasteiger partial charge in [0, 0.05) is 17.5 Å². The molecule has 3 amide bonds. The van der Waals surface area contributed by atoms with E-state index >= 15 is 0 Å². The summed E-state index contributed by atoms with van der Waals surface area (Å²) in [5, 5.41) is 18.4. The highest BCUT2D eigenvalue weighted by atomic mass is 32.2. The number of aliphatic hydroxyl groups is 1. The van der Waals surface area contributed by atoms with Crippen LogP contribution in [-0.2, 0) is 14.4 Å². The largest absolute Gasteiger partial charge is 0.394 e. The molecule has 192 valence electrons. The van der Waals surface area contributed by atoms with Crippen molar-refractivity contribution in [1.29, 1.82) is 0 Å². The third-order valence-electron chi connectivity index (χ3n) is 8.38. The number of amides is 3. The first-order valence-electron chi connectivity index (χ1n) is 13.1. The maximum atomic E-state index is 14.1. The normalized spacial score (nSPS) is 31.5. The van der Waals surface area contributed by atoms with Crippen LogP contribution in [0.15, 0.2) is 42.5 Å². The van der Waals surface area contributed by atoms with Crippen LogP contribution in [0, 0.1) is 17.8 Å². The van der Waals surface area contributed by atoms with E-state index in [0.29, 0.717) is 18.7 Å². The van der Waals surface area contributed by atoms with E-state index in [0.717, 1.165) is 23.6 Å². The van der Waals surface area contributed by atoms with Gasteiger partial charge in [-0.05, 0) is 48.1 Å². The molecule has 2 aromatic rings. The van der Waals surface area contributed by atoms with Gasteiger partial charge in [0.2, 0.25) is 17.7 Å². The van der Waals surface area contributed by atoms with E-state index in [1.165, 1.54) is 0 Å². The Hall–Kier alpha value is -2.58. The molecule has 0 aromatic heterocycles. The number of carbonyl (C=O) groups excluding carboxylic acids is 3. The highest BCUT2D eigenvalue weighted by Gasteiger charge is 2.76. The standard InChI is InChI=1S/C28H35N3O4S/c1-4-12-29-25(33)22-21-13-16(3)28(36-21)23(22)27(35)31(20(5-2)15-32)24(28)26(34)30-19-11-10-17-8-6-7-9-18(17)14-19/h6-11,14,16,20-24,32H,4-5,12-13,15H2,1-3H3,(H,29,33)(H,30,34)/t16?,20-,21-,22+,23-,24?,28?/m0/s1. The fraction of sp³-hybridized carbons (Fsp3) is 0.536. The Balaban J connectivity index is 1.53. The van der Waals surface area contributed by atoms with E-state index in [4.69, 9.17) is 0 Å². The van der Waals surface area contributed by atoms with Crippen molar-refractivity contribution in [1.82, 2.24) is 10.2 Å². The molecule has 3 aliphatic rings. The minimum Gasteiger partial charge on any atom is -0.394 e. The van der Waals surface area contributed by atoms with Crippen molar-refractivity contribution in [3.63, 3.8) is 0 Å². The average molecular weight is 510 g/mol. The molecule has 0 saturated carbocycles. The van der Waals surface area contributed by atoms with Crippen molar-refractivity contribution in [2.24, 2.45) is 17.8 Å². The molecule has 3 saturated heterocycles. The Bertz CT molecular complexity index is 1180. The molecule has 36 heavy (non-hydrogen) atoms. The van der Waals surface area contributed by atoms with Gasteiger partial charge in [-0.3, -0.25) is 14.4 Å². The minimum atomic E-state index is -0.757. The lowest BCUT2D eigenvalue weighted by Crippen LogP contribution is -2.57. The Labute approximate surface area is 216 Å². The van der Waals surface area contributed by atoms with E-state index in [-0.39, 0.29) is 35.5 Å². The van der Waals surface area contributed by atoms with Crippen LogP contribution in [0.3, 0.4) is 0 Å². The van der Waals surface area contributed by atoms with Crippen molar-refractivity contribution < 1.29 is 19.5 Å². The van der Waals surface area contributed by atoms with E-state index in [2.05, 4.69) is 17.6 Å². The number of carbonyl (C=O) groups is 3. The first-order chi connectivity index (χ1) is 17.4. The van der Waals surface area contributed by atoms with Crippen LogP contribution in [0.25, 0.3) is 10.8 Å². The quantitative estimate of drug-likeness (QED) is 0.507. The molecule has 0 radical (unpaired) electrons. The van der Waals surface area contributed by atoms with Gasteiger partial charge in [0.05, 0.1) is 29.2 Å². The zero-order chi connectivity index (χ0) is 25.6. The molecule has 3 aliphatic heterocycles. The van der Waals surface area contributed by atoms with Gasteiger partial charge in [-0.15, -0.1) is 11.8 Å². The monoisotopic (exact) mass is 509 g/mol. The van der Waals surface area contributed by atoms with Gasteiger partial charge in [0.1, 0.15) is 6.04 Å². The van der Waals surface area contributed by atoms with Gasteiger partial charge in [0.25, 0.3) is 0 Å². The zero-order valence-electron chi connectivity index (χ0n) is 21.1. The Morgan fingerprint density at radius 1 is 1.17 bits per heavy atom. The highest BCUT2D eigenvalue weighted by molar-refractivity contribution is 8.02. The summed E-state index contributed by atoms with van der Waals surface area (Å²) in [5.74, 6) is -1.45. The number of hydrogen-bond acceptors (Lipinski definition) is 5. The van der Waals surface area contributed by atoms with Gasteiger partial charge in [-0.2, -0.15) is 0 Å². The van der Waals surface area contributed by atoms with Crippen LogP contribution in [-0.4, -0.2) is 63.0 Å². The van der Waals surface area contributed by atoms with Gasteiger partial charge in [0.15, 0.2) is 0 Å². The number of benzene rings is 2. The summed E-state index contributed by atoms with van der Waals surface area (Å²) >= 11 is 1.66. The third-order valence-corrected chi connectivity index (χ3v) is 10.5. The Morgan fingerprint density at radius 2 is 1.92 bits per heavy atom. The lowest BCUT2D eigenvalue weighted by atomic mass is 9.66. The van der Waals surface area contributed by atoms with E-state index < -0.39 is 28.7 Å². The second-order valence-electron chi connectivity index (χ2n) is 10.4. The maximum absolute atomic E-state index is 14.1. The first-order valence-corrected chi connectivity index (χ1v) is 13.9. The summed E-state index contributed by atoms with van der Waals surface area (Å²) in [5.41, 5.74) is 0.672. The summed E-state index contributed by atoms with van der Waals surface area (Å²) in [6.07, 6.45) is 2.14. The van der Waals surface area contributed by atoms with Crippen molar-refractivity contribution in [2.75, 3.05) is 18.5 Å². The first kappa shape index (κ1) is 25.1. The Kier molecular flexibility index (Phi) is 6.76. The predicted molar refractivity (Wildman–Crippen MR) is 143 cm³/mol. The number of anilines is 1. The van der Waals surface area contributed by atoms with E-state index in [1.807, 2.05) is 56.3 Å². The number of thioether (sulfide) groups is 1. The number of rotatable bonds is 8. The second-order valence-corrected chi connectivity index (χ2v) is 11.9. The van der Waals surface area contributed by atoms with Crippen LogP contribution >= 0.6 is 11.8 Å². The van der Waals surface area contributed by atoms with Crippen molar-refractivity contribution >= 4 is 45.9 Å². The third kappa shape index (κ3) is 3.72. The summed E-state index contributed by atoms with van der Waals surface area (Å²) in [7, 11) is 0. The molecule has 3 N–H and O–H groups in total. The summed E-state index contributed by atoms with van der Waals surface area (Å²) in [4.78, 5) is 43.0. The van der Waals surface area contributed by atoms with Gasteiger partial charge in [-0.25, -0.2) is 0 Å². The lowest BCUT2D eigenvalue weighted by Gasteiger charge is -2.40. The van der Waals surface area contributed by atoms with Crippen molar-refractivity contribution in [2.45, 2.75) is 62.1 Å². The maximum Gasteiger partial charge on any atom is 0.248 e. The fourth-order valence-corrected chi connectivity index (χ4v) is 9.12. The number of fused-ring (bicyclic) bond motifs is 2. The number of nitrogens with one attached hydrogen (secondary N) is 2. The molecule has 3 unspecified atom stereocenters. The number of hydrogen-bond donors (Lipinski definition) is 3. The summed E-state index contributed by atoms with van der Waals surface area (Å²) in [6.45, 7) is 6.37. The van der Waals surface area contributed by atoms with Crippen LogP contribution in [0.4, 0.5) is 5.69 Å². The van der Waals surface area contributed by atoms with E-state index in [9.17, 15) is 19.5 Å². The number of aliphatic hydroxyl groups excluding tert-OH is 1. The van der Waals surface area contributed by atoms with Gasteiger partial charge in [-0.1, -0.05) is 51.1 Å². The molecule has 7 nitrogen and oxygen atoms in total. The van der Waals surface area contributed by atoms with Crippen LogP contribution < -0.4 is 10.6 Å². The molecular formula is C28H35N3O4S. The highest BCUT2D eigenvalue weighted by Crippen LogP contribution is 2.68. The van der Waals surface area contributed by atoms with Crippen molar-refractivity contribution in [3.05, 3.63) is 42.5 Å². The van der Waals surface area contributed by atoms with Crippen LogP contribution in [0.2, 0.25) is 0 Å². The molecular weight excluding hydrogens is 474 g/mol. The van der Waals surface area contributed by atoms with Crippen LogP contribution in [0.5, 0.6) is 0 Å².